The molecule has 2 heterocycles. The van der Waals surface area contributed by atoms with Crippen molar-refractivity contribution in [1.82, 2.24) is 9.47 Å². The first kappa shape index (κ1) is 13.7. The highest BCUT2D eigenvalue weighted by Crippen LogP contribution is 2.30. The highest BCUT2D eigenvalue weighted by molar-refractivity contribution is 9.10. The molecule has 0 aromatic carbocycles. The summed E-state index contributed by atoms with van der Waals surface area (Å²) in [5.41, 5.74) is 0.0283. The van der Waals surface area contributed by atoms with Crippen molar-refractivity contribution in [2.24, 2.45) is 7.05 Å². The summed E-state index contributed by atoms with van der Waals surface area (Å²) >= 11 is 5.11. The Labute approximate surface area is 118 Å². The number of likely N-dealkylation sites (N-methyl/N-ethyl adjacent to an activating group) is 1. The van der Waals surface area contributed by atoms with Gasteiger partial charge in [-0.3, -0.25) is 9.69 Å². The van der Waals surface area contributed by atoms with Gasteiger partial charge in [0.05, 0.1) is 21.2 Å². The zero-order valence-electron chi connectivity index (χ0n) is 10.3. The molecule has 0 spiro atoms. The summed E-state index contributed by atoms with van der Waals surface area (Å²) in [7, 11) is 3.70. The number of aliphatic hydroxyl groups excluding tert-OH is 1. The molecule has 0 radical (unpaired) electrons. The van der Waals surface area contributed by atoms with Gasteiger partial charge in [-0.2, -0.15) is 0 Å². The van der Waals surface area contributed by atoms with Crippen molar-refractivity contribution in [1.29, 1.82) is 0 Å². The molecule has 4 nitrogen and oxygen atoms in total. The molecule has 6 heteroatoms. The van der Waals surface area contributed by atoms with E-state index in [9.17, 15) is 4.79 Å². The molecule has 0 aliphatic rings. The van der Waals surface area contributed by atoms with E-state index in [1.54, 1.807) is 29.1 Å². The quantitative estimate of drug-likeness (QED) is 0.929. The van der Waals surface area contributed by atoms with E-state index in [0.717, 1.165) is 26.0 Å². The lowest BCUT2D eigenvalue weighted by atomic mass is 10.3. The molecule has 0 unspecified atom stereocenters. The SMILES string of the molecule is CN(CCO)Cc1cc2c(=O)n(C)cc(Br)c2s1. The second-order valence-corrected chi connectivity index (χ2v) is 6.30. The van der Waals surface area contributed by atoms with Gasteiger partial charge in [0.1, 0.15) is 0 Å². The number of fused-ring (bicyclic) bond motifs is 1. The maximum absolute atomic E-state index is 12.0. The number of pyridine rings is 1. The normalized spacial score (nSPS) is 11.6. The highest BCUT2D eigenvalue weighted by Gasteiger charge is 2.11. The fourth-order valence-electron chi connectivity index (χ4n) is 1.85. The van der Waals surface area contributed by atoms with Crippen molar-refractivity contribution >= 4 is 37.4 Å². The van der Waals surface area contributed by atoms with Crippen LogP contribution in [0.25, 0.3) is 10.1 Å². The van der Waals surface area contributed by atoms with Gasteiger partial charge in [-0.15, -0.1) is 11.3 Å². The Kier molecular flexibility index (Phi) is 4.21. The lowest BCUT2D eigenvalue weighted by molar-refractivity contribution is 0.218. The van der Waals surface area contributed by atoms with Crippen LogP contribution in [-0.4, -0.2) is 34.8 Å². The fraction of sp³-hybridized carbons (Fsp3) is 0.417. The molecule has 0 bridgehead atoms. The van der Waals surface area contributed by atoms with Crippen molar-refractivity contribution in [3.63, 3.8) is 0 Å². The molecule has 2 aromatic rings. The molecule has 0 saturated heterocycles. The van der Waals surface area contributed by atoms with Crippen LogP contribution in [0.15, 0.2) is 21.5 Å². The zero-order chi connectivity index (χ0) is 13.3. The third-order valence-electron chi connectivity index (χ3n) is 2.77. The van der Waals surface area contributed by atoms with Crippen molar-refractivity contribution in [3.05, 3.63) is 32.0 Å². The number of rotatable bonds is 4. The molecule has 0 aliphatic carbocycles. The number of nitrogens with zero attached hydrogens (tertiary/aromatic N) is 2. The standard InChI is InChI=1S/C12H15BrN2O2S/c1-14(3-4-16)6-8-5-9-11(18-8)10(13)7-15(2)12(9)17/h5,7,16H,3-4,6H2,1-2H3. The minimum absolute atomic E-state index is 0.0283. The van der Waals surface area contributed by atoms with Crippen molar-refractivity contribution < 1.29 is 5.11 Å². The van der Waals surface area contributed by atoms with Gasteiger partial charge in [0.25, 0.3) is 5.56 Å². The van der Waals surface area contributed by atoms with E-state index in [-0.39, 0.29) is 12.2 Å². The molecule has 0 aliphatic heterocycles. The Morgan fingerprint density at radius 1 is 1.56 bits per heavy atom. The summed E-state index contributed by atoms with van der Waals surface area (Å²) in [4.78, 5) is 15.2. The number of hydrogen-bond acceptors (Lipinski definition) is 4. The Bertz CT molecular complexity index is 620. The molecule has 2 aromatic heterocycles. The predicted octanol–water partition coefficient (Wildman–Crippen LogP) is 1.79. The Morgan fingerprint density at radius 3 is 2.94 bits per heavy atom. The van der Waals surface area contributed by atoms with Gasteiger partial charge in [-0.05, 0) is 29.0 Å². The molecule has 1 N–H and O–H groups in total. The van der Waals surface area contributed by atoms with Crippen LogP contribution in [0.2, 0.25) is 0 Å². The van der Waals surface area contributed by atoms with E-state index >= 15 is 0 Å². The van der Waals surface area contributed by atoms with Crippen molar-refractivity contribution in [3.8, 4) is 0 Å². The third-order valence-corrected chi connectivity index (χ3v) is 4.78. The van der Waals surface area contributed by atoms with Crippen molar-refractivity contribution in [2.75, 3.05) is 20.2 Å². The zero-order valence-corrected chi connectivity index (χ0v) is 12.7. The van der Waals surface area contributed by atoms with Gasteiger partial charge >= 0.3 is 0 Å². The van der Waals surface area contributed by atoms with Crippen LogP contribution >= 0.6 is 27.3 Å². The van der Waals surface area contributed by atoms with Gasteiger partial charge < -0.3 is 9.67 Å². The van der Waals surface area contributed by atoms with Gasteiger partial charge in [-0.25, -0.2) is 0 Å². The van der Waals surface area contributed by atoms with Crippen molar-refractivity contribution in [2.45, 2.75) is 6.54 Å². The molecule has 0 saturated carbocycles. The topological polar surface area (TPSA) is 45.5 Å². The smallest absolute Gasteiger partial charge is 0.259 e. The molecule has 0 amide bonds. The van der Waals surface area contributed by atoms with E-state index in [4.69, 9.17) is 5.11 Å². The molecule has 0 atom stereocenters. The van der Waals surface area contributed by atoms with E-state index in [0.29, 0.717) is 6.54 Å². The Morgan fingerprint density at radius 2 is 2.28 bits per heavy atom. The summed E-state index contributed by atoms with van der Waals surface area (Å²) in [5, 5.41) is 9.63. The second kappa shape index (κ2) is 5.52. The first-order valence-corrected chi connectivity index (χ1v) is 7.21. The van der Waals surface area contributed by atoms with E-state index in [2.05, 4.69) is 15.9 Å². The number of aromatic nitrogens is 1. The van der Waals surface area contributed by atoms with E-state index in [1.807, 2.05) is 18.0 Å². The molecule has 2 rings (SSSR count). The highest BCUT2D eigenvalue weighted by atomic mass is 79.9. The first-order chi connectivity index (χ1) is 8.52. The van der Waals surface area contributed by atoms with Crippen LogP contribution in [0.3, 0.4) is 0 Å². The number of halogens is 1. The predicted molar refractivity (Wildman–Crippen MR) is 78.2 cm³/mol. The summed E-state index contributed by atoms with van der Waals surface area (Å²) in [5.74, 6) is 0. The number of hydrogen-bond donors (Lipinski definition) is 1. The third kappa shape index (κ3) is 2.66. The average molecular weight is 331 g/mol. The lowest BCUT2D eigenvalue weighted by Gasteiger charge is -2.12. The van der Waals surface area contributed by atoms with Crippen LogP contribution in [0.5, 0.6) is 0 Å². The Hall–Kier alpha value is -0.690. The maximum atomic E-state index is 12.0. The average Bonchev–Trinajstić information content (AvgIpc) is 2.71. The monoisotopic (exact) mass is 330 g/mol. The summed E-state index contributed by atoms with van der Waals surface area (Å²) < 4.78 is 3.52. The number of thiophene rings is 1. The van der Waals surface area contributed by atoms with Crippen LogP contribution in [0.4, 0.5) is 0 Å². The number of aliphatic hydroxyl groups is 1. The van der Waals surface area contributed by atoms with E-state index < -0.39 is 0 Å². The van der Waals surface area contributed by atoms with Gasteiger partial charge in [0, 0.05) is 31.2 Å². The molecule has 0 fully saturated rings. The molecule has 98 valence electrons. The first-order valence-electron chi connectivity index (χ1n) is 5.60. The van der Waals surface area contributed by atoms with Crippen LogP contribution < -0.4 is 5.56 Å². The second-order valence-electron chi connectivity index (χ2n) is 4.31. The fourth-order valence-corrected chi connectivity index (χ4v) is 3.74. The van der Waals surface area contributed by atoms with Gasteiger partial charge in [0.2, 0.25) is 0 Å². The number of aryl methyl sites for hydroxylation is 1. The summed E-state index contributed by atoms with van der Waals surface area (Å²) in [6, 6.07) is 1.95. The molecule has 18 heavy (non-hydrogen) atoms. The lowest BCUT2D eigenvalue weighted by Crippen LogP contribution is -2.20. The van der Waals surface area contributed by atoms with Gasteiger partial charge in [0.15, 0.2) is 0 Å². The summed E-state index contributed by atoms with van der Waals surface area (Å²) in [6.45, 7) is 1.52. The minimum atomic E-state index is 0.0283. The maximum Gasteiger partial charge on any atom is 0.259 e. The molecular formula is C12H15BrN2O2S. The minimum Gasteiger partial charge on any atom is -0.395 e. The van der Waals surface area contributed by atoms with E-state index in [1.165, 1.54) is 0 Å². The van der Waals surface area contributed by atoms with Crippen LogP contribution in [0.1, 0.15) is 4.88 Å². The molecular weight excluding hydrogens is 316 g/mol. The summed E-state index contributed by atoms with van der Waals surface area (Å²) in [6.07, 6.45) is 1.79. The largest absolute Gasteiger partial charge is 0.395 e. The van der Waals surface area contributed by atoms with Gasteiger partial charge in [-0.1, -0.05) is 0 Å². The van der Waals surface area contributed by atoms with Crippen LogP contribution in [-0.2, 0) is 13.6 Å². The Balaban J connectivity index is 2.41. The van der Waals surface area contributed by atoms with Crippen LogP contribution in [0, 0.1) is 0 Å².